The number of fused-ring (bicyclic) bond motifs is 2. The Morgan fingerprint density at radius 2 is 1.48 bits per heavy atom. The molecule has 4 N–H and O–H groups in total. The van der Waals surface area contributed by atoms with Gasteiger partial charge >= 0.3 is 16.4 Å². The first-order valence-corrected chi connectivity index (χ1v) is 8.15. The molecule has 128 valence electrons. The van der Waals surface area contributed by atoms with Crippen molar-refractivity contribution < 1.29 is 4.92 Å². The molecule has 4 aromatic heterocycles. The van der Waals surface area contributed by atoms with Gasteiger partial charge in [0.1, 0.15) is 9.40 Å². The van der Waals surface area contributed by atoms with Crippen LogP contribution in [0.5, 0.6) is 0 Å². The number of nitrogens with one attached hydrogen (secondary N) is 4. The smallest absolute Gasteiger partial charge is 0.306 e. The molecule has 0 radical (unpaired) electrons. The van der Waals surface area contributed by atoms with Crippen LogP contribution in [-0.2, 0) is 0 Å². The maximum atomic E-state index is 11.1. The first-order valence-electron chi connectivity index (χ1n) is 6.45. The molecule has 13 heteroatoms. The maximum Gasteiger partial charge on any atom is 0.326 e. The average molecular weight is 381 g/mol. The molecule has 0 aliphatic heterocycles. The highest BCUT2D eigenvalue weighted by Crippen LogP contribution is 2.26. The van der Waals surface area contributed by atoms with Crippen LogP contribution >= 0.6 is 22.7 Å². The molecule has 0 aliphatic carbocycles. The lowest BCUT2D eigenvalue weighted by molar-refractivity contribution is -0.380. The second-order valence-corrected chi connectivity index (χ2v) is 6.51. The summed E-state index contributed by atoms with van der Waals surface area (Å²) in [5.74, 6) is 0. The minimum atomic E-state index is -0.671. The molecule has 25 heavy (non-hydrogen) atoms. The Kier molecular flexibility index (Phi) is 4.16. The molecular formula is C12H7N5O6S2. The van der Waals surface area contributed by atoms with E-state index in [2.05, 4.69) is 15.0 Å². The third kappa shape index (κ3) is 3.31. The van der Waals surface area contributed by atoms with Gasteiger partial charge in [-0.2, -0.15) is 0 Å². The monoisotopic (exact) mass is 381 g/mol. The van der Waals surface area contributed by atoms with Crippen LogP contribution in [0.2, 0.25) is 0 Å². The number of H-pyrrole nitrogens is 4. The van der Waals surface area contributed by atoms with Gasteiger partial charge in [-0.25, -0.2) is 9.59 Å². The van der Waals surface area contributed by atoms with Crippen LogP contribution in [-0.4, -0.2) is 24.9 Å². The van der Waals surface area contributed by atoms with E-state index in [0.717, 1.165) is 17.4 Å². The highest BCUT2D eigenvalue weighted by Gasteiger charge is 2.14. The number of nitro groups is 1. The highest BCUT2D eigenvalue weighted by atomic mass is 32.1. The summed E-state index contributed by atoms with van der Waals surface area (Å²) in [6.45, 7) is 0. The lowest BCUT2D eigenvalue weighted by Gasteiger charge is -1.84. The van der Waals surface area contributed by atoms with E-state index in [9.17, 15) is 29.3 Å². The van der Waals surface area contributed by atoms with Gasteiger partial charge in [0.25, 0.3) is 11.1 Å². The SMILES string of the molecule is O=c1[nH]c(=O)c2sc([N+](=O)[O-])cc2[nH]1.O=c1[nH]c(=O)c2sccc2[nH]1. The van der Waals surface area contributed by atoms with Gasteiger partial charge in [0.15, 0.2) is 0 Å². The minimum absolute atomic E-state index is 0.149. The van der Waals surface area contributed by atoms with E-state index in [0.29, 0.717) is 10.2 Å². The normalized spacial score (nSPS) is 10.6. The van der Waals surface area contributed by atoms with Crippen LogP contribution in [0.15, 0.2) is 36.7 Å². The van der Waals surface area contributed by atoms with Crippen LogP contribution in [0.1, 0.15) is 0 Å². The maximum absolute atomic E-state index is 11.1. The van der Waals surface area contributed by atoms with Gasteiger partial charge in [0.2, 0.25) is 0 Å². The van der Waals surface area contributed by atoms with Gasteiger partial charge < -0.3 is 9.97 Å². The largest absolute Gasteiger partial charge is 0.326 e. The summed E-state index contributed by atoms with van der Waals surface area (Å²) in [6.07, 6.45) is 0. The van der Waals surface area contributed by atoms with Gasteiger partial charge in [0.05, 0.1) is 22.0 Å². The van der Waals surface area contributed by atoms with Crippen LogP contribution in [0.25, 0.3) is 20.4 Å². The fourth-order valence-corrected chi connectivity index (χ4v) is 3.51. The van der Waals surface area contributed by atoms with E-state index >= 15 is 0 Å². The van der Waals surface area contributed by atoms with Crippen molar-refractivity contribution in [3.05, 3.63) is 69.3 Å². The first-order chi connectivity index (χ1) is 11.8. The number of thiophene rings is 2. The van der Waals surface area contributed by atoms with Crippen LogP contribution < -0.4 is 22.5 Å². The van der Waals surface area contributed by atoms with Crippen molar-refractivity contribution in [2.45, 2.75) is 0 Å². The molecule has 0 saturated carbocycles. The molecule has 4 aromatic rings. The Hall–Kier alpha value is -3.32. The predicted octanol–water partition coefficient (Wildman–Crippen LogP) is 0.464. The Labute approximate surface area is 142 Å². The zero-order chi connectivity index (χ0) is 18.1. The number of aromatic amines is 4. The Morgan fingerprint density at radius 3 is 2.12 bits per heavy atom. The summed E-state index contributed by atoms with van der Waals surface area (Å²) in [7, 11) is 0. The third-order valence-corrected chi connectivity index (χ3v) is 4.93. The van der Waals surface area contributed by atoms with E-state index in [1.807, 2.05) is 4.98 Å². The van der Waals surface area contributed by atoms with Crippen molar-refractivity contribution in [1.29, 1.82) is 0 Å². The van der Waals surface area contributed by atoms with Crippen molar-refractivity contribution in [3.8, 4) is 0 Å². The Bertz CT molecular complexity index is 1320. The molecular weight excluding hydrogens is 374 g/mol. The lowest BCUT2D eigenvalue weighted by atomic mass is 10.5. The standard InChI is InChI=1S/C6H3N3O4S.C6H4N2O2S/c10-5-4-2(7-6(11)8-5)1-3(14-4)9(12)13;9-5-4-3(1-2-11-4)7-6(10)8-5/h1H,(H2,7,8,10,11);1-2H,(H2,7,8,9,10). The number of hydrogen-bond donors (Lipinski definition) is 4. The van der Waals surface area contributed by atoms with Crippen LogP contribution in [0, 0.1) is 10.1 Å². The lowest BCUT2D eigenvalue weighted by Crippen LogP contribution is -2.20. The van der Waals surface area contributed by atoms with Crippen LogP contribution in [0.4, 0.5) is 5.00 Å². The van der Waals surface area contributed by atoms with Crippen molar-refractivity contribution in [2.75, 3.05) is 0 Å². The molecule has 0 unspecified atom stereocenters. The van der Waals surface area contributed by atoms with Crippen molar-refractivity contribution >= 4 is 48.1 Å². The summed E-state index contributed by atoms with van der Waals surface area (Å²) < 4.78 is 0.709. The zero-order valence-corrected chi connectivity index (χ0v) is 13.6. The molecule has 11 nitrogen and oxygen atoms in total. The molecule has 0 atom stereocenters. The second-order valence-electron chi connectivity index (χ2n) is 4.56. The van der Waals surface area contributed by atoms with Crippen LogP contribution in [0.3, 0.4) is 0 Å². The topological polar surface area (TPSA) is 175 Å². The molecule has 0 spiro atoms. The highest BCUT2D eigenvalue weighted by molar-refractivity contribution is 7.21. The van der Waals surface area contributed by atoms with Gasteiger partial charge in [-0.1, -0.05) is 11.3 Å². The molecule has 4 rings (SSSR count). The summed E-state index contributed by atoms with van der Waals surface area (Å²) in [5.41, 5.74) is -1.27. The zero-order valence-electron chi connectivity index (χ0n) is 11.9. The first kappa shape index (κ1) is 16.5. The van der Waals surface area contributed by atoms with Gasteiger partial charge in [-0.15, -0.1) is 11.3 Å². The Morgan fingerprint density at radius 1 is 0.880 bits per heavy atom. The van der Waals surface area contributed by atoms with E-state index < -0.39 is 21.9 Å². The summed E-state index contributed by atoms with van der Waals surface area (Å²) >= 11 is 2.04. The van der Waals surface area contributed by atoms with Crippen molar-refractivity contribution in [1.82, 2.24) is 19.9 Å². The molecule has 0 aromatic carbocycles. The van der Waals surface area contributed by atoms with Crippen molar-refractivity contribution in [2.24, 2.45) is 0 Å². The number of rotatable bonds is 1. The molecule has 0 aliphatic rings. The van der Waals surface area contributed by atoms with Gasteiger partial charge in [-0.3, -0.25) is 29.7 Å². The van der Waals surface area contributed by atoms with Gasteiger partial charge in [-0.05, 0) is 11.4 Å². The minimum Gasteiger partial charge on any atom is -0.306 e. The average Bonchev–Trinajstić information content (AvgIpc) is 3.14. The quantitative estimate of drug-likeness (QED) is 0.275. The predicted molar refractivity (Wildman–Crippen MR) is 92.8 cm³/mol. The van der Waals surface area contributed by atoms with E-state index in [1.54, 1.807) is 11.4 Å². The molecule has 0 amide bonds. The summed E-state index contributed by atoms with van der Waals surface area (Å²) in [4.78, 5) is 62.4. The molecule has 4 heterocycles. The van der Waals surface area contributed by atoms with E-state index in [4.69, 9.17) is 0 Å². The van der Waals surface area contributed by atoms with E-state index in [1.165, 1.54) is 11.3 Å². The fraction of sp³-hybridized carbons (Fsp3) is 0. The summed E-state index contributed by atoms with van der Waals surface area (Å²) in [5, 5.41) is 12.0. The second kappa shape index (κ2) is 6.29. The molecule has 0 saturated heterocycles. The number of hydrogen-bond acceptors (Lipinski definition) is 8. The number of aromatic nitrogens is 4. The third-order valence-electron chi connectivity index (χ3n) is 2.93. The molecule has 0 fully saturated rings. The Balaban J connectivity index is 0.000000150. The van der Waals surface area contributed by atoms with E-state index in [-0.39, 0.29) is 20.8 Å². The fourth-order valence-electron chi connectivity index (χ4n) is 1.94. The van der Waals surface area contributed by atoms with Gasteiger partial charge in [0, 0.05) is 0 Å². The van der Waals surface area contributed by atoms with Crippen molar-refractivity contribution in [3.63, 3.8) is 0 Å². The number of nitrogens with zero attached hydrogens (tertiary/aromatic N) is 1. The molecule has 0 bridgehead atoms. The summed E-state index contributed by atoms with van der Waals surface area (Å²) in [6, 6.07) is 2.87.